The van der Waals surface area contributed by atoms with Crippen LogP contribution in [-0.4, -0.2) is 0 Å². The summed E-state index contributed by atoms with van der Waals surface area (Å²) in [6, 6.07) is 0. The van der Waals surface area contributed by atoms with Gasteiger partial charge in [-0.2, -0.15) is 0 Å². The maximum atomic E-state index is 5.94. The first-order chi connectivity index (χ1) is 5.88. The number of nitrogens with two attached hydrogens (primary N) is 1. The van der Waals surface area contributed by atoms with Crippen LogP contribution in [0.5, 0.6) is 0 Å². The normalized spacial score (nSPS) is 14.8. The van der Waals surface area contributed by atoms with E-state index in [0.717, 1.165) is 12.1 Å². The molecule has 0 amide bonds. The second-order valence-corrected chi connectivity index (χ2v) is 4.59. The second kappa shape index (κ2) is 5.11. The van der Waals surface area contributed by atoms with Gasteiger partial charge in [0.2, 0.25) is 0 Å². The third-order valence-electron chi connectivity index (χ3n) is 2.00. The average molecular weight is 181 g/mol. The Morgan fingerprint density at radius 3 is 2.23 bits per heavy atom. The molecule has 76 valence electrons. The van der Waals surface area contributed by atoms with E-state index in [1.165, 1.54) is 12.0 Å². The van der Waals surface area contributed by atoms with Crippen LogP contribution in [0, 0.1) is 5.41 Å². The Balaban J connectivity index is 4.39. The fourth-order valence-corrected chi connectivity index (χ4v) is 0.893. The number of rotatable bonds is 3. The maximum Gasteiger partial charge on any atom is 0.0138 e. The van der Waals surface area contributed by atoms with Crippen molar-refractivity contribution in [3.8, 4) is 0 Å². The molecular weight excluding hydrogens is 158 g/mol. The molecule has 0 bridgehead atoms. The molecule has 0 aliphatic heterocycles. The molecule has 0 aromatic carbocycles. The van der Waals surface area contributed by atoms with Crippen molar-refractivity contribution in [1.82, 2.24) is 0 Å². The molecule has 2 N–H and O–H groups in total. The van der Waals surface area contributed by atoms with Crippen molar-refractivity contribution in [2.24, 2.45) is 11.1 Å². The Morgan fingerprint density at radius 1 is 1.31 bits per heavy atom. The molecular formula is C12H23N. The number of hydrogen-bond acceptors (Lipinski definition) is 1. The Labute approximate surface area is 82.7 Å². The molecule has 1 heteroatoms. The molecule has 0 aromatic heterocycles. The summed E-state index contributed by atoms with van der Waals surface area (Å²) in [4.78, 5) is 0. The summed E-state index contributed by atoms with van der Waals surface area (Å²) in [6.07, 6.45) is 6.65. The van der Waals surface area contributed by atoms with Crippen LogP contribution in [0.25, 0.3) is 0 Å². The number of allylic oxidation sites excluding steroid dienone is 4. The fourth-order valence-electron chi connectivity index (χ4n) is 0.893. The molecule has 0 atom stereocenters. The monoisotopic (exact) mass is 181 g/mol. The van der Waals surface area contributed by atoms with Gasteiger partial charge in [0.25, 0.3) is 0 Å². The van der Waals surface area contributed by atoms with E-state index in [2.05, 4.69) is 46.8 Å². The zero-order chi connectivity index (χ0) is 10.5. The lowest BCUT2D eigenvalue weighted by Gasteiger charge is -2.19. The first-order valence-electron chi connectivity index (χ1n) is 5.02. The van der Waals surface area contributed by atoms with Gasteiger partial charge in [-0.3, -0.25) is 0 Å². The van der Waals surface area contributed by atoms with Crippen molar-refractivity contribution in [3.63, 3.8) is 0 Å². The van der Waals surface area contributed by atoms with Crippen LogP contribution in [-0.2, 0) is 0 Å². The highest BCUT2D eigenvalue weighted by Crippen LogP contribution is 2.21. The summed E-state index contributed by atoms with van der Waals surface area (Å²) < 4.78 is 0. The lowest BCUT2D eigenvalue weighted by Crippen LogP contribution is -2.16. The molecule has 0 heterocycles. The van der Waals surface area contributed by atoms with Crippen LogP contribution < -0.4 is 5.73 Å². The van der Waals surface area contributed by atoms with Gasteiger partial charge >= 0.3 is 0 Å². The first-order valence-corrected chi connectivity index (χ1v) is 5.02. The van der Waals surface area contributed by atoms with Crippen LogP contribution in [0.2, 0.25) is 0 Å². The average Bonchev–Trinajstić information content (AvgIpc) is 1.99. The zero-order valence-electron chi connectivity index (χ0n) is 9.65. The molecule has 0 fully saturated rings. The van der Waals surface area contributed by atoms with Crippen LogP contribution >= 0.6 is 0 Å². The van der Waals surface area contributed by atoms with Crippen molar-refractivity contribution < 1.29 is 0 Å². The van der Waals surface area contributed by atoms with Crippen LogP contribution in [0.1, 0.15) is 47.5 Å². The molecule has 0 spiro atoms. The van der Waals surface area contributed by atoms with Crippen molar-refractivity contribution in [2.75, 3.05) is 0 Å². The first kappa shape index (κ1) is 12.3. The third kappa shape index (κ3) is 5.51. The summed E-state index contributed by atoms with van der Waals surface area (Å²) in [5.41, 5.74) is 8.26. The number of hydrogen-bond donors (Lipinski definition) is 1. The molecule has 0 aliphatic rings. The van der Waals surface area contributed by atoms with Gasteiger partial charge in [0.05, 0.1) is 0 Å². The van der Waals surface area contributed by atoms with Gasteiger partial charge in [-0.25, -0.2) is 0 Å². The van der Waals surface area contributed by atoms with E-state index in [1.807, 2.05) is 0 Å². The van der Waals surface area contributed by atoms with E-state index < -0.39 is 0 Å². The molecule has 0 aliphatic carbocycles. The molecule has 0 aromatic rings. The molecule has 0 unspecified atom stereocenters. The molecule has 0 saturated carbocycles. The summed E-state index contributed by atoms with van der Waals surface area (Å²) in [7, 11) is 0. The quantitative estimate of drug-likeness (QED) is 0.661. The Morgan fingerprint density at radius 2 is 1.85 bits per heavy atom. The smallest absolute Gasteiger partial charge is 0.0138 e. The minimum atomic E-state index is 0.0846. The summed E-state index contributed by atoms with van der Waals surface area (Å²) >= 11 is 0. The SMILES string of the molecule is CCC/C=C(C)\C=C(/N)C(C)(C)C. The van der Waals surface area contributed by atoms with Gasteiger partial charge in [0.1, 0.15) is 0 Å². The van der Waals surface area contributed by atoms with Gasteiger partial charge in [-0.1, -0.05) is 45.8 Å². The van der Waals surface area contributed by atoms with E-state index in [0.29, 0.717) is 0 Å². The van der Waals surface area contributed by atoms with Gasteiger partial charge < -0.3 is 5.73 Å². The zero-order valence-corrected chi connectivity index (χ0v) is 9.65. The summed E-state index contributed by atoms with van der Waals surface area (Å²) in [5.74, 6) is 0. The van der Waals surface area contributed by atoms with Gasteiger partial charge in [-0.15, -0.1) is 0 Å². The van der Waals surface area contributed by atoms with Crippen molar-refractivity contribution in [2.45, 2.75) is 47.5 Å². The minimum absolute atomic E-state index is 0.0846. The van der Waals surface area contributed by atoms with Gasteiger partial charge in [0, 0.05) is 11.1 Å². The largest absolute Gasteiger partial charge is 0.402 e. The van der Waals surface area contributed by atoms with Gasteiger partial charge in [-0.05, 0) is 19.4 Å². The van der Waals surface area contributed by atoms with E-state index in [9.17, 15) is 0 Å². The van der Waals surface area contributed by atoms with Crippen LogP contribution in [0.4, 0.5) is 0 Å². The molecule has 0 saturated heterocycles. The predicted octanol–water partition coefficient (Wildman–Crippen LogP) is 3.62. The van der Waals surface area contributed by atoms with Crippen molar-refractivity contribution >= 4 is 0 Å². The third-order valence-corrected chi connectivity index (χ3v) is 2.00. The Bertz CT molecular complexity index is 204. The highest BCUT2D eigenvalue weighted by Gasteiger charge is 2.12. The molecule has 13 heavy (non-hydrogen) atoms. The standard InChI is InChI=1S/C12H23N/c1-6-7-8-10(2)9-11(13)12(3,4)5/h8-9H,6-7,13H2,1-5H3/b10-8-,11-9-. The minimum Gasteiger partial charge on any atom is -0.402 e. The Kier molecular flexibility index (Phi) is 4.82. The highest BCUT2D eigenvalue weighted by molar-refractivity contribution is 5.22. The van der Waals surface area contributed by atoms with E-state index >= 15 is 0 Å². The summed E-state index contributed by atoms with van der Waals surface area (Å²) in [6.45, 7) is 10.7. The van der Waals surface area contributed by atoms with E-state index in [1.54, 1.807) is 0 Å². The predicted molar refractivity (Wildman–Crippen MR) is 60.4 cm³/mol. The second-order valence-electron chi connectivity index (χ2n) is 4.59. The van der Waals surface area contributed by atoms with Crippen LogP contribution in [0.3, 0.4) is 0 Å². The topological polar surface area (TPSA) is 26.0 Å². The maximum absolute atomic E-state index is 5.94. The lowest BCUT2D eigenvalue weighted by molar-refractivity contribution is 0.497. The van der Waals surface area contributed by atoms with E-state index in [-0.39, 0.29) is 5.41 Å². The summed E-state index contributed by atoms with van der Waals surface area (Å²) in [5, 5.41) is 0. The Hall–Kier alpha value is -0.720. The van der Waals surface area contributed by atoms with Crippen molar-refractivity contribution in [1.29, 1.82) is 0 Å². The van der Waals surface area contributed by atoms with Gasteiger partial charge in [0.15, 0.2) is 0 Å². The lowest BCUT2D eigenvalue weighted by atomic mass is 9.91. The number of unbranched alkanes of at least 4 members (excludes halogenated alkanes) is 1. The van der Waals surface area contributed by atoms with Crippen LogP contribution in [0.15, 0.2) is 23.4 Å². The molecule has 1 nitrogen and oxygen atoms in total. The van der Waals surface area contributed by atoms with E-state index in [4.69, 9.17) is 5.73 Å². The fraction of sp³-hybridized carbons (Fsp3) is 0.667. The van der Waals surface area contributed by atoms with Crippen molar-refractivity contribution in [3.05, 3.63) is 23.4 Å². The molecule has 0 radical (unpaired) electrons. The molecule has 0 rings (SSSR count). The highest BCUT2D eigenvalue weighted by atomic mass is 14.6.